The molecule has 2 nitrogen and oxygen atoms in total. The highest BCUT2D eigenvalue weighted by Crippen LogP contribution is 2.55. The normalized spacial score (nSPS) is 14.7. The number of hydrogen-bond acceptors (Lipinski definition) is 2. The minimum Gasteiger partial charge on any atom is -0.308 e. The summed E-state index contributed by atoms with van der Waals surface area (Å²) in [5.74, 6) is 0. The molecule has 0 fully saturated rings. The van der Waals surface area contributed by atoms with Crippen molar-refractivity contribution in [2.45, 2.75) is 68.2 Å². The van der Waals surface area contributed by atoms with Gasteiger partial charge in [0.15, 0.2) is 0 Å². The second-order valence-electron chi connectivity index (χ2n) is 19.2. The third-order valence-corrected chi connectivity index (χ3v) is 15.0. The zero-order valence-corrected chi connectivity index (χ0v) is 38.3. The lowest BCUT2D eigenvalue weighted by Crippen LogP contribution is -2.61. The number of nitrogens with zero attached hydrogens (tertiary/aromatic N) is 2. The lowest BCUT2D eigenvalue weighted by atomic mass is 9.31. The van der Waals surface area contributed by atoms with E-state index in [4.69, 9.17) is 0 Å². The van der Waals surface area contributed by atoms with Gasteiger partial charge in [0.1, 0.15) is 0 Å². The standard InChI is InChI=1S/C60H52B2N2/c1-35-28-39(5)56(40(6)29-35)61-49-22-15-23-54-59(49)64(52-26-24-44(32-50(52)61)46-19-12-9-16-37(46)3)55-34-43-18-11-14-21-48(43)58-60(55)63(54)53-27-25-45(47-20-13-10-17-38(47)4)33-51(53)62(58)57-41(7)30-36(2)31-42(57)8/h9-14,16-21,23-34H,15,22H2,1-8H3. The van der Waals surface area contributed by atoms with Gasteiger partial charge in [-0.25, -0.2) is 0 Å². The molecule has 0 bridgehead atoms. The van der Waals surface area contributed by atoms with E-state index >= 15 is 0 Å². The topological polar surface area (TPSA) is 6.48 Å². The molecular formula is C60H52B2N2. The van der Waals surface area contributed by atoms with E-state index in [-0.39, 0.29) is 13.4 Å². The molecule has 4 aliphatic rings. The molecule has 0 saturated carbocycles. The van der Waals surface area contributed by atoms with Crippen LogP contribution in [-0.4, -0.2) is 13.4 Å². The number of hydrogen-bond donors (Lipinski definition) is 0. The van der Waals surface area contributed by atoms with Crippen molar-refractivity contribution in [2.75, 3.05) is 9.80 Å². The van der Waals surface area contributed by atoms with Crippen molar-refractivity contribution >= 4 is 74.3 Å². The Bertz CT molecular complexity index is 3360. The summed E-state index contributed by atoms with van der Waals surface area (Å²) in [5.41, 5.74) is 32.2. The Hall–Kier alpha value is -6.77. The third-order valence-electron chi connectivity index (χ3n) is 15.0. The summed E-state index contributed by atoms with van der Waals surface area (Å²) < 4.78 is 0. The van der Waals surface area contributed by atoms with Crippen molar-refractivity contribution < 1.29 is 0 Å². The van der Waals surface area contributed by atoms with Gasteiger partial charge in [-0.15, -0.1) is 0 Å². The molecule has 3 aliphatic heterocycles. The maximum absolute atomic E-state index is 2.70. The van der Waals surface area contributed by atoms with Gasteiger partial charge in [0, 0.05) is 11.4 Å². The predicted molar refractivity (Wildman–Crippen MR) is 277 cm³/mol. The molecule has 0 unspecified atom stereocenters. The van der Waals surface area contributed by atoms with Crippen molar-refractivity contribution in [1.29, 1.82) is 0 Å². The Morgan fingerprint density at radius 1 is 0.438 bits per heavy atom. The van der Waals surface area contributed by atoms with E-state index in [0.29, 0.717) is 0 Å². The van der Waals surface area contributed by atoms with E-state index in [1.165, 1.54) is 144 Å². The zero-order valence-electron chi connectivity index (χ0n) is 38.3. The molecule has 0 N–H and O–H groups in total. The van der Waals surface area contributed by atoms with Crippen LogP contribution in [-0.2, 0) is 0 Å². The molecule has 0 amide bonds. The van der Waals surface area contributed by atoms with Crippen LogP contribution in [0, 0.1) is 55.4 Å². The first-order chi connectivity index (χ1) is 31.1. The maximum Gasteiger partial charge on any atom is 0.248 e. The number of allylic oxidation sites excluding steroid dienone is 2. The average molecular weight is 823 g/mol. The van der Waals surface area contributed by atoms with Crippen molar-refractivity contribution in [1.82, 2.24) is 0 Å². The Balaban J connectivity index is 1.22. The van der Waals surface area contributed by atoms with Crippen LogP contribution in [0.4, 0.5) is 22.7 Å². The monoisotopic (exact) mass is 822 g/mol. The Morgan fingerprint density at radius 2 is 0.953 bits per heavy atom. The van der Waals surface area contributed by atoms with Crippen molar-refractivity contribution in [3.63, 3.8) is 0 Å². The van der Waals surface area contributed by atoms with Crippen LogP contribution in [0.5, 0.6) is 0 Å². The Kier molecular flexibility index (Phi) is 8.73. The fraction of sp³-hybridized carbons (Fsp3) is 0.167. The van der Waals surface area contributed by atoms with Gasteiger partial charge in [0.2, 0.25) is 13.4 Å². The largest absolute Gasteiger partial charge is 0.308 e. The van der Waals surface area contributed by atoms with Crippen LogP contribution in [0.2, 0.25) is 0 Å². The minimum absolute atomic E-state index is 0.0168. The van der Waals surface area contributed by atoms with Crippen molar-refractivity contribution in [3.05, 3.63) is 207 Å². The smallest absolute Gasteiger partial charge is 0.248 e. The summed E-state index contributed by atoms with van der Waals surface area (Å²) in [4.78, 5) is 5.40. The number of fused-ring (bicyclic) bond motifs is 8. The summed E-state index contributed by atoms with van der Waals surface area (Å²) in [6.07, 6.45) is 4.56. The number of rotatable bonds is 4. The zero-order chi connectivity index (χ0) is 43.7. The van der Waals surface area contributed by atoms with Gasteiger partial charge in [-0.05, 0) is 147 Å². The van der Waals surface area contributed by atoms with Crippen molar-refractivity contribution in [3.8, 4) is 22.3 Å². The van der Waals surface area contributed by atoms with E-state index in [2.05, 4.69) is 211 Å². The molecule has 0 radical (unpaired) electrons. The molecule has 1 aliphatic carbocycles. The van der Waals surface area contributed by atoms with Crippen LogP contribution >= 0.6 is 0 Å². The van der Waals surface area contributed by atoms with E-state index in [0.717, 1.165) is 12.8 Å². The molecule has 8 aromatic rings. The fourth-order valence-electron chi connectivity index (χ4n) is 12.6. The second kappa shape index (κ2) is 14.4. The van der Waals surface area contributed by atoms with E-state index in [1.807, 2.05) is 0 Å². The molecule has 12 rings (SSSR count). The third kappa shape index (κ3) is 5.61. The highest BCUT2D eigenvalue weighted by atomic mass is 15.3. The Labute approximate surface area is 379 Å². The van der Waals surface area contributed by atoms with Gasteiger partial charge in [-0.1, -0.05) is 177 Å². The molecule has 0 aromatic heterocycles. The molecule has 3 heterocycles. The van der Waals surface area contributed by atoms with E-state index in [1.54, 1.807) is 0 Å². The first-order valence-corrected chi connectivity index (χ1v) is 23.2. The van der Waals surface area contributed by atoms with Crippen LogP contribution in [0.3, 0.4) is 0 Å². The lowest BCUT2D eigenvalue weighted by molar-refractivity contribution is 0.905. The van der Waals surface area contributed by atoms with Crippen LogP contribution in [0.1, 0.15) is 57.3 Å². The molecule has 0 atom stereocenters. The van der Waals surface area contributed by atoms with Gasteiger partial charge in [0.05, 0.1) is 22.8 Å². The van der Waals surface area contributed by atoms with Gasteiger partial charge in [0.25, 0.3) is 0 Å². The van der Waals surface area contributed by atoms with E-state index in [9.17, 15) is 0 Å². The first kappa shape index (κ1) is 38.9. The van der Waals surface area contributed by atoms with Crippen LogP contribution in [0.25, 0.3) is 33.0 Å². The van der Waals surface area contributed by atoms with E-state index < -0.39 is 0 Å². The highest BCUT2D eigenvalue weighted by Gasteiger charge is 2.49. The Morgan fingerprint density at radius 3 is 1.55 bits per heavy atom. The van der Waals surface area contributed by atoms with Gasteiger partial charge < -0.3 is 9.80 Å². The summed E-state index contributed by atoms with van der Waals surface area (Å²) in [7, 11) is 0. The summed E-state index contributed by atoms with van der Waals surface area (Å²) in [5, 5.41) is 2.60. The van der Waals surface area contributed by atoms with Gasteiger partial charge in [-0.3, -0.25) is 0 Å². The molecule has 64 heavy (non-hydrogen) atoms. The summed E-state index contributed by atoms with van der Waals surface area (Å²) >= 11 is 0. The maximum atomic E-state index is 2.70. The molecule has 8 aromatic carbocycles. The predicted octanol–water partition coefficient (Wildman–Crippen LogP) is 11.9. The summed E-state index contributed by atoms with van der Waals surface area (Å²) in [6.45, 7) is 18.5. The SMILES string of the molecule is Cc1cc(C)c(B2C3=C4C(=CCC3)N3c5ccc(-c6ccccc6C)cc5B(c5c(C)cc(C)cc5C)c5c3c(cc3ccccc53)N4c3ccc(-c4ccccc4C)cc32)c(C)c1. The van der Waals surface area contributed by atoms with Crippen molar-refractivity contribution in [2.24, 2.45) is 0 Å². The number of aryl methyl sites for hydroxylation is 8. The molecule has 0 saturated heterocycles. The van der Waals surface area contributed by atoms with Gasteiger partial charge >= 0.3 is 0 Å². The molecule has 308 valence electrons. The molecule has 0 spiro atoms. The highest BCUT2D eigenvalue weighted by molar-refractivity contribution is 7.00. The first-order valence-electron chi connectivity index (χ1n) is 23.2. The average Bonchev–Trinajstić information content (AvgIpc) is 3.27. The summed E-state index contributed by atoms with van der Waals surface area (Å²) in [6, 6.07) is 53.8. The molecule has 4 heteroatoms. The number of anilines is 4. The lowest BCUT2D eigenvalue weighted by Gasteiger charge is -2.52. The number of benzene rings is 8. The minimum atomic E-state index is 0.0168. The second-order valence-corrected chi connectivity index (χ2v) is 19.2. The molecular weight excluding hydrogens is 770 g/mol. The van der Waals surface area contributed by atoms with Crippen LogP contribution < -0.4 is 37.1 Å². The van der Waals surface area contributed by atoms with Crippen LogP contribution in [0.15, 0.2) is 162 Å². The van der Waals surface area contributed by atoms with Gasteiger partial charge in [-0.2, -0.15) is 0 Å². The fourth-order valence-corrected chi connectivity index (χ4v) is 12.6. The quantitative estimate of drug-likeness (QED) is 0.163.